The van der Waals surface area contributed by atoms with Crippen molar-refractivity contribution >= 4 is 21.7 Å². The molecule has 0 unspecified atom stereocenters. The maximum atomic E-state index is 12.0. The van der Waals surface area contributed by atoms with Gasteiger partial charge in [0.25, 0.3) is 0 Å². The van der Waals surface area contributed by atoms with Crippen LogP contribution in [0.5, 0.6) is 0 Å². The van der Waals surface area contributed by atoms with E-state index in [0.717, 1.165) is 6.42 Å². The van der Waals surface area contributed by atoms with E-state index in [2.05, 4.69) is 5.32 Å². The number of carboxylic acid groups (broad SMARTS) is 1. The Kier molecular flexibility index (Phi) is 7.22. The molecule has 0 radical (unpaired) electrons. The smallest absolute Gasteiger partial charge is 0.326 e. The summed E-state index contributed by atoms with van der Waals surface area (Å²) in [5.74, 6) is -1.51. The summed E-state index contributed by atoms with van der Waals surface area (Å²) in [7, 11) is -3.33. The highest BCUT2D eigenvalue weighted by Crippen LogP contribution is 2.14. The Hall–Kier alpha value is -1.89. The predicted molar refractivity (Wildman–Crippen MR) is 87.0 cm³/mol. The normalized spacial score (nSPS) is 12.6. The second kappa shape index (κ2) is 8.67. The van der Waals surface area contributed by atoms with Crippen molar-refractivity contribution in [2.75, 3.05) is 5.75 Å². The molecule has 1 aromatic rings. The van der Waals surface area contributed by atoms with Gasteiger partial charge in [-0.2, -0.15) is 0 Å². The van der Waals surface area contributed by atoms with E-state index in [1.165, 1.54) is 12.1 Å². The first-order valence-electron chi connectivity index (χ1n) is 7.64. The number of hydrogen-bond acceptors (Lipinski definition) is 4. The molecular formula is C16H23NO5S. The highest BCUT2D eigenvalue weighted by Gasteiger charge is 2.19. The van der Waals surface area contributed by atoms with Crippen molar-refractivity contribution in [1.82, 2.24) is 5.32 Å². The number of amides is 1. The van der Waals surface area contributed by atoms with E-state index in [1.54, 1.807) is 19.1 Å². The van der Waals surface area contributed by atoms with Gasteiger partial charge < -0.3 is 10.4 Å². The molecular weight excluding hydrogens is 318 g/mol. The fourth-order valence-corrected chi connectivity index (χ4v) is 3.06. The Morgan fingerprint density at radius 3 is 2.52 bits per heavy atom. The van der Waals surface area contributed by atoms with Gasteiger partial charge in [-0.15, -0.1) is 0 Å². The van der Waals surface area contributed by atoms with Gasteiger partial charge in [-0.3, -0.25) is 4.79 Å². The molecule has 0 spiro atoms. The molecule has 0 saturated carbocycles. The number of unbranched alkanes of at least 4 members (excludes halogenated alkanes) is 1. The van der Waals surface area contributed by atoms with E-state index in [9.17, 15) is 18.0 Å². The van der Waals surface area contributed by atoms with Crippen LogP contribution >= 0.6 is 0 Å². The number of nitrogens with one attached hydrogen (secondary N) is 1. The van der Waals surface area contributed by atoms with E-state index in [0.29, 0.717) is 18.4 Å². The Bertz CT molecular complexity index is 654. The van der Waals surface area contributed by atoms with Crippen LogP contribution in [0.1, 0.15) is 38.7 Å². The molecule has 0 fully saturated rings. The zero-order valence-electron chi connectivity index (χ0n) is 13.4. The number of carbonyl (C=O) groups is 2. The molecule has 1 rings (SSSR count). The minimum absolute atomic E-state index is 0.0131. The van der Waals surface area contributed by atoms with Gasteiger partial charge in [0.1, 0.15) is 6.04 Å². The zero-order chi connectivity index (χ0) is 17.5. The number of aliphatic carboxylic acids is 1. The summed E-state index contributed by atoms with van der Waals surface area (Å²) >= 11 is 0. The first-order chi connectivity index (χ1) is 10.8. The Balaban J connectivity index is 2.77. The highest BCUT2D eigenvalue weighted by atomic mass is 32.2. The van der Waals surface area contributed by atoms with E-state index < -0.39 is 27.8 Å². The van der Waals surface area contributed by atoms with Gasteiger partial charge in [-0.25, -0.2) is 13.2 Å². The Morgan fingerprint density at radius 1 is 1.26 bits per heavy atom. The maximum Gasteiger partial charge on any atom is 0.326 e. The Labute approximate surface area is 136 Å². The van der Waals surface area contributed by atoms with Crippen LogP contribution in [0.3, 0.4) is 0 Å². The molecule has 128 valence electrons. The van der Waals surface area contributed by atoms with Crippen molar-refractivity contribution in [2.45, 2.75) is 50.5 Å². The van der Waals surface area contributed by atoms with Gasteiger partial charge in [-0.05, 0) is 24.1 Å². The van der Waals surface area contributed by atoms with Crippen LogP contribution in [0.15, 0.2) is 29.2 Å². The molecule has 1 atom stereocenters. The molecule has 0 heterocycles. The van der Waals surface area contributed by atoms with Gasteiger partial charge in [0, 0.05) is 0 Å². The summed E-state index contributed by atoms with van der Waals surface area (Å²) in [5, 5.41) is 11.6. The minimum Gasteiger partial charge on any atom is -0.480 e. The molecule has 6 nitrogen and oxygen atoms in total. The number of carboxylic acids is 1. The molecule has 0 bridgehead atoms. The van der Waals surface area contributed by atoms with Crippen molar-refractivity contribution in [2.24, 2.45) is 0 Å². The van der Waals surface area contributed by atoms with E-state index >= 15 is 0 Å². The van der Waals surface area contributed by atoms with Gasteiger partial charge in [0.15, 0.2) is 9.84 Å². The van der Waals surface area contributed by atoms with Crippen LogP contribution in [0.2, 0.25) is 0 Å². The summed E-state index contributed by atoms with van der Waals surface area (Å²) in [4.78, 5) is 23.3. The number of benzene rings is 1. The van der Waals surface area contributed by atoms with Crippen LogP contribution in [-0.2, 0) is 25.8 Å². The second-order valence-corrected chi connectivity index (χ2v) is 7.61. The van der Waals surface area contributed by atoms with E-state index in [4.69, 9.17) is 5.11 Å². The highest BCUT2D eigenvalue weighted by molar-refractivity contribution is 7.91. The third kappa shape index (κ3) is 6.02. The lowest BCUT2D eigenvalue weighted by molar-refractivity contribution is -0.142. The largest absolute Gasteiger partial charge is 0.480 e. The quantitative estimate of drug-likeness (QED) is 0.713. The lowest BCUT2D eigenvalue weighted by Crippen LogP contribution is -2.41. The predicted octanol–water partition coefficient (Wildman–Crippen LogP) is 1.78. The first kappa shape index (κ1) is 19.2. The zero-order valence-corrected chi connectivity index (χ0v) is 14.2. The van der Waals surface area contributed by atoms with Crippen molar-refractivity contribution in [1.29, 1.82) is 0 Å². The third-order valence-corrected chi connectivity index (χ3v) is 5.21. The molecule has 23 heavy (non-hydrogen) atoms. The van der Waals surface area contributed by atoms with E-state index in [-0.39, 0.29) is 17.1 Å². The number of sulfone groups is 1. The van der Waals surface area contributed by atoms with Crippen molar-refractivity contribution < 1.29 is 23.1 Å². The summed E-state index contributed by atoms with van der Waals surface area (Å²) in [6.07, 6.45) is 1.88. The molecule has 7 heteroatoms. The second-order valence-electron chi connectivity index (χ2n) is 5.33. The minimum atomic E-state index is -3.33. The van der Waals surface area contributed by atoms with Crippen LogP contribution in [0.4, 0.5) is 0 Å². The van der Waals surface area contributed by atoms with Crippen LogP contribution in [0, 0.1) is 0 Å². The lowest BCUT2D eigenvalue weighted by Gasteiger charge is -2.14. The maximum absolute atomic E-state index is 12.0. The monoisotopic (exact) mass is 341 g/mol. The van der Waals surface area contributed by atoms with Crippen molar-refractivity contribution in [3.8, 4) is 0 Å². The van der Waals surface area contributed by atoms with Gasteiger partial charge in [0.05, 0.1) is 17.1 Å². The topological polar surface area (TPSA) is 101 Å². The van der Waals surface area contributed by atoms with Gasteiger partial charge in [-0.1, -0.05) is 38.8 Å². The average Bonchev–Trinajstić information content (AvgIpc) is 2.51. The average molecular weight is 341 g/mol. The molecule has 0 aliphatic carbocycles. The number of carbonyl (C=O) groups excluding carboxylic acids is 1. The molecule has 0 aromatic heterocycles. The van der Waals surface area contributed by atoms with Crippen molar-refractivity contribution in [3.05, 3.63) is 29.8 Å². The standard InChI is InChI=1S/C16H23NO5S/c1-3-5-9-14(16(19)20)17-15(18)11-12-7-6-8-13(10-12)23(21,22)4-2/h6-8,10,14H,3-5,9,11H2,1-2H3,(H,17,18)(H,19,20)/t14-/m0/s1. The van der Waals surface area contributed by atoms with Crippen molar-refractivity contribution in [3.63, 3.8) is 0 Å². The molecule has 2 N–H and O–H groups in total. The number of rotatable bonds is 9. The number of hydrogen-bond donors (Lipinski definition) is 2. The molecule has 0 saturated heterocycles. The SMILES string of the molecule is CCCC[C@H](NC(=O)Cc1cccc(S(=O)(=O)CC)c1)C(=O)O. The summed E-state index contributed by atoms with van der Waals surface area (Å²) in [6.45, 7) is 3.50. The summed E-state index contributed by atoms with van der Waals surface area (Å²) < 4.78 is 23.7. The third-order valence-electron chi connectivity index (χ3n) is 3.48. The van der Waals surface area contributed by atoms with E-state index in [1.807, 2.05) is 6.92 Å². The van der Waals surface area contributed by atoms with Crippen LogP contribution < -0.4 is 5.32 Å². The lowest BCUT2D eigenvalue weighted by atomic mass is 10.1. The molecule has 1 aromatic carbocycles. The first-order valence-corrected chi connectivity index (χ1v) is 9.29. The fraction of sp³-hybridized carbons (Fsp3) is 0.500. The fourth-order valence-electron chi connectivity index (χ4n) is 2.11. The molecule has 0 aliphatic heterocycles. The summed E-state index contributed by atoms with van der Waals surface area (Å²) in [6, 6.07) is 5.26. The van der Waals surface area contributed by atoms with Crippen LogP contribution in [-0.4, -0.2) is 37.2 Å². The molecule has 1 amide bonds. The van der Waals surface area contributed by atoms with Gasteiger partial charge >= 0.3 is 5.97 Å². The summed E-state index contributed by atoms with van der Waals surface area (Å²) in [5.41, 5.74) is 0.539. The van der Waals surface area contributed by atoms with Gasteiger partial charge in [0.2, 0.25) is 5.91 Å². The molecule has 0 aliphatic rings. The Morgan fingerprint density at radius 2 is 1.96 bits per heavy atom. The van der Waals surface area contributed by atoms with Crippen LogP contribution in [0.25, 0.3) is 0 Å².